The first-order chi connectivity index (χ1) is 15.2. The van der Waals surface area contributed by atoms with Gasteiger partial charge in [0.2, 0.25) is 5.76 Å². The van der Waals surface area contributed by atoms with E-state index in [2.05, 4.69) is 15.1 Å². The Labute approximate surface area is 212 Å². The van der Waals surface area contributed by atoms with Crippen LogP contribution in [0.2, 0.25) is 0 Å². The monoisotopic (exact) mass is 495 g/mol. The molecule has 2 aromatic carbocycles. The Bertz CT molecular complexity index is 1350. The molecule has 176 valence electrons. The van der Waals surface area contributed by atoms with Crippen LogP contribution in [0.4, 0.5) is 30.7 Å². The van der Waals surface area contributed by atoms with Crippen molar-refractivity contribution in [3.8, 4) is 22.7 Å². The number of hydrogen-bond donors (Lipinski definition) is 1. The van der Waals surface area contributed by atoms with Gasteiger partial charge in [0.1, 0.15) is 11.3 Å². The van der Waals surface area contributed by atoms with Gasteiger partial charge >= 0.3 is 41.9 Å². The van der Waals surface area contributed by atoms with Crippen LogP contribution in [0.5, 0.6) is 0 Å². The zero-order chi connectivity index (χ0) is 24.3. The minimum Gasteiger partial charge on any atom is -1.00 e. The van der Waals surface area contributed by atoms with Gasteiger partial charge in [0, 0.05) is 17.0 Å². The number of imidazole rings is 1. The van der Waals surface area contributed by atoms with E-state index in [-0.39, 0.29) is 48.1 Å². The van der Waals surface area contributed by atoms with Gasteiger partial charge in [-0.2, -0.15) is 26.3 Å². The number of halogens is 7. The van der Waals surface area contributed by atoms with E-state index in [9.17, 15) is 30.7 Å². The Hall–Kier alpha value is -2.37. The summed E-state index contributed by atoms with van der Waals surface area (Å²) in [5.74, 6) is -1.35. The molecule has 0 unspecified atom stereocenters. The molecule has 0 saturated heterocycles. The molecule has 34 heavy (non-hydrogen) atoms. The van der Waals surface area contributed by atoms with E-state index in [1.165, 1.54) is 6.07 Å². The smallest absolute Gasteiger partial charge is 1.00 e. The minimum absolute atomic E-state index is 0. The van der Waals surface area contributed by atoms with Gasteiger partial charge in [-0.3, -0.25) is 0 Å². The van der Waals surface area contributed by atoms with E-state index in [0.29, 0.717) is 17.8 Å². The van der Waals surface area contributed by atoms with Crippen molar-refractivity contribution in [1.82, 2.24) is 15.1 Å². The second-order valence-corrected chi connectivity index (χ2v) is 8.49. The summed E-state index contributed by atoms with van der Waals surface area (Å²) >= 11 is 0. The van der Waals surface area contributed by atoms with Gasteiger partial charge in [0.05, 0.1) is 22.3 Å². The molecule has 0 radical (unpaired) electrons. The maximum atomic E-state index is 14.4. The summed E-state index contributed by atoms with van der Waals surface area (Å²) in [5, 5.41) is 3.89. The third-order valence-corrected chi connectivity index (χ3v) is 5.01. The maximum Gasteiger partial charge on any atom is 1.00 e. The Kier molecular flexibility index (Phi) is 6.71. The predicted molar refractivity (Wildman–Crippen MR) is 107 cm³/mol. The SMILES string of the molecule is CC(C)(C)c1cc(-c2nc3c(C(F)(F)F)cc(-c4c(F)cccc4C(F)(F)F)cc3[nH]2)on1.[H-].[Na+]. The molecule has 0 saturated carbocycles. The van der Waals surface area contributed by atoms with Gasteiger partial charge in [0.25, 0.3) is 0 Å². The van der Waals surface area contributed by atoms with Crippen LogP contribution in [-0.4, -0.2) is 15.1 Å². The van der Waals surface area contributed by atoms with Crippen LogP contribution in [0.3, 0.4) is 0 Å². The first kappa shape index (κ1) is 26.2. The number of nitrogens with zero attached hydrogens (tertiary/aromatic N) is 2. The number of nitrogens with one attached hydrogen (secondary N) is 1. The van der Waals surface area contributed by atoms with Gasteiger partial charge in [-0.25, -0.2) is 9.37 Å². The van der Waals surface area contributed by atoms with E-state index in [0.717, 1.165) is 18.2 Å². The van der Waals surface area contributed by atoms with Gasteiger partial charge in [-0.05, 0) is 29.8 Å². The molecule has 0 aliphatic carbocycles. The molecule has 0 atom stereocenters. The van der Waals surface area contributed by atoms with E-state index in [4.69, 9.17) is 4.52 Å². The summed E-state index contributed by atoms with van der Waals surface area (Å²) in [6.07, 6.45) is -9.95. The molecule has 4 rings (SSSR count). The molecular formula is C22H17F7N3NaO. The predicted octanol–water partition coefficient (Wildman–Crippen LogP) is 4.48. The quantitative estimate of drug-likeness (QED) is 0.330. The fourth-order valence-corrected chi connectivity index (χ4v) is 3.39. The van der Waals surface area contributed by atoms with Crippen molar-refractivity contribution in [1.29, 1.82) is 0 Å². The molecule has 0 fully saturated rings. The fraction of sp³-hybridized carbons (Fsp3) is 0.273. The summed E-state index contributed by atoms with van der Waals surface area (Å²) in [7, 11) is 0. The number of benzene rings is 2. The first-order valence-electron chi connectivity index (χ1n) is 9.61. The van der Waals surface area contributed by atoms with Crippen LogP contribution < -0.4 is 29.6 Å². The summed E-state index contributed by atoms with van der Waals surface area (Å²) in [4.78, 5) is 6.58. The van der Waals surface area contributed by atoms with E-state index in [1.807, 2.05) is 20.8 Å². The van der Waals surface area contributed by atoms with Crippen LogP contribution >= 0.6 is 0 Å². The largest absolute Gasteiger partial charge is 1.00 e. The third kappa shape index (κ3) is 4.87. The fourth-order valence-electron chi connectivity index (χ4n) is 3.39. The summed E-state index contributed by atoms with van der Waals surface area (Å²) in [6, 6.07) is 5.16. The molecule has 1 N–H and O–H groups in total. The third-order valence-electron chi connectivity index (χ3n) is 5.01. The van der Waals surface area contributed by atoms with Crippen LogP contribution in [0.15, 0.2) is 40.9 Å². The number of alkyl halides is 6. The summed E-state index contributed by atoms with van der Waals surface area (Å²) < 4.78 is 101. The molecule has 0 aliphatic heterocycles. The van der Waals surface area contributed by atoms with Crippen LogP contribution in [0.25, 0.3) is 33.7 Å². The molecule has 2 heterocycles. The van der Waals surface area contributed by atoms with Crippen LogP contribution in [0.1, 0.15) is 39.0 Å². The average Bonchev–Trinajstić information content (AvgIpc) is 3.32. The van der Waals surface area contributed by atoms with Crippen molar-refractivity contribution >= 4 is 11.0 Å². The molecule has 4 aromatic rings. The Morgan fingerprint density at radius 2 is 1.56 bits per heavy atom. The van der Waals surface area contributed by atoms with Crippen molar-refractivity contribution in [2.75, 3.05) is 0 Å². The molecule has 0 amide bonds. The van der Waals surface area contributed by atoms with Crippen LogP contribution in [0, 0.1) is 5.82 Å². The number of aromatic nitrogens is 3. The van der Waals surface area contributed by atoms with Crippen LogP contribution in [-0.2, 0) is 17.8 Å². The van der Waals surface area contributed by atoms with Crippen molar-refractivity contribution in [3.05, 3.63) is 59.0 Å². The number of H-pyrrole nitrogens is 1. The zero-order valence-electron chi connectivity index (χ0n) is 19.4. The summed E-state index contributed by atoms with van der Waals surface area (Å²) in [5.41, 5.74) is -4.94. The van der Waals surface area contributed by atoms with E-state index < -0.39 is 51.4 Å². The molecule has 4 nitrogen and oxygen atoms in total. The topological polar surface area (TPSA) is 54.7 Å². The van der Waals surface area contributed by atoms with Gasteiger partial charge < -0.3 is 10.9 Å². The van der Waals surface area contributed by atoms with E-state index in [1.54, 1.807) is 0 Å². The summed E-state index contributed by atoms with van der Waals surface area (Å²) in [6.45, 7) is 5.57. The average molecular weight is 495 g/mol. The zero-order valence-corrected chi connectivity index (χ0v) is 20.4. The molecule has 2 aromatic heterocycles. The normalized spacial score (nSPS) is 12.8. The van der Waals surface area contributed by atoms with E-state index >= 15 is 0 Å². The molecule has 0 spiro atoms. The number of hydrogen-bond acceptors (Lipinski definition) is 3. The van der Waals surface area contributed by atoms with Gasteiger partial charge in [0.15, 0.2) is 5.82 Å². The standard InChI is InChI=1S/C22H16F7N3O.Na.H/c1-20(2,3)16-9-15(33-32-16)19-30-14-8-10(7-12(18(14)31-19)22(27,28)29)17-11(21(24,25)26)5-4-6-13(17)23;;/h4-9H,1-3H3,(H,30,31);;/q;+1;-1. The number of fused-ring (bicyclic) bond motifs is 1. The van der Waals surface area contributed by atoms with Gasteiger partial charge in [-0.15, -0.1) is 0 Å². The van der Waals surface area contributed by atoms with Crippen molar-refractivity contribution in [2.45, 2.75) is 38.5 Å². The van der Waals surface area contributed by atoms with Crippen molar-refractivity contribution in [3.63, 3.8) is 0 Å². The minimum atomic E-state index is -4.98. The second-order valence-electron chi connectivity index (χ2n) is 8.49. The Balaban J connectivity index is 0.00000216. The maximum absolute atomic E-state index is 14.4. The number of rotatable bonds is 2. The molecule has 12 heteroatoms. The van der Waals surface area contributed by atoms with Gasteiger partial charge in [-0.1, -0.05) is 32.0 Å². The Morgan fingerprint density at radius 1 is 0.912 bits per heavy atom. The second kappa shape index (κ2) is 8.69. The first-order valence-corrected chi connectivity index (χ1v) is 9.61. The molecule has 0 aliphatic rings. The molecule has 0 bridgehead atoms. The van der Waals surface area contributed by atoms with Crippen molar-refractivity contribution in [2.24, 2.45) is 0 Å². The number of aromatic amines is 1. The molecular weight excluding hydrogens is 478 g/mol. The van der Waals surface area contributed by atoms with Crippen molar-refractivity contribution < 1.29 is 66.2 Å². The Morgan fingerprint density at radius 3 is 2.12 bits per heavy atom.